The van der Waals surface area contributed by atoms with Gasteiger partial charge in [-0.15, -0.1) is 12.4 Å². The van der Waals surface area contributed by atoms with Gasteiger partial charge in [-0.25, -0.2) is 13.1 Å². The van der Waals surface area contributed by atoms with Crippen LogP contribution >= 0.6 is 12.4 Å². The minimum Gasteiger partial charge on any atom is -0.377 e. The molecule has 0 aliphatic carbocycles. The third kappa shape index (κ3) is 8.85. The van der Waals surface area contributed by atoms with E-state index in [-0.39, 0.29) is 48.7 Å². The van der Waals surface area contributed by atoms with Crippen molar-refractivity contribution in [3.8, 4) is 0 Å². The van der Waals surface area contributed by atoms with E-state index in [1.807, 2.05) is 20.8 Å². The summed E-state index contributed by atoms with van der Waals surface area (Å²) < 4.78 is 31.7. The molecule has 1 heterocycles. The van der Waals surface area contributed by atoms with E-state index in [1.165, 1.54) is 0 Å². The summed E-state index contributed by atoms with van der Waals surface area (Å²) in [6, 6.07) is -0.668. The predicted octanol–water partition coefficient (Wildman–Crippen LogP) is 0.386. The summed E-state index contributed by atoms with van der Waals surface area (Å²) in [7, 11) is -3.42. The normalized spacial score (nSPS) is 20.4. The third-order valence-electron chi connectivity index (χ3n) is 3.69. The van der Waals surface area contributed by atoms with Crippen molar-refractivity contribution in [3.63, 3.8) is 0 Å². The molecule has 1 amide bonds. The van der Waals surface area contributed by atoms with Crippen LogP contribution in [0.1, 0.15) is 40.0 Å². The van der Waals surface area contributed by atoms with Gasteiger partial charge in [-0.1, -0.05) is 20.8 Å². The smallest absolute Gasteiger partial charge is 0.237 e. The zero-order valence-corrected chi connectivity index (χ0v) is 15.8. The van der Waals surface area contributed by atoms with Gasteiger partial charge in [0, 0.05) is 19.7 Å². The van der Waals surface area contributed by atoms with Gasteiger partial charge in [0.05, 0.1) is 17.9 Å². The Hall–Kier alpha value is -0.410. The second kappa shape index (κ2) is 9.78. The molecule has 7 nitrogen and oxygen atoms in total. The van der Waals surface area contributed by atoms with Gasteiger partial charge in [-0.3, -0.25) is 4.79 Å². The minimum absolute atomic E-state index is 0. The zero-order chi connectivity index (χ0) is 16.8. The van der Waals surface area contributed by atoms with Crippen LogP contribution in [0.15, 0.2) is 0 Å². The van der Waals surface area contributed by atoms with E-state index in [0.29, 0.717) is 6.61 Å². The van der Waals surface area contributed by atoms with Crippen LogP contribution in [0.25, 0.3) is 0 Å². The molecule has 1 fully saturated rings. The Morgan fingerprint density at radius 2 is 2.00 bits per heavy atom. The Morgan fingerprint density at radius 1 is 1.35 bits per heavy atom. The molecule has 0 aromatic heterocycles. The van der Waals surface area contributed by atoms with Crippen molar-refractivity contribution in [2.24, 2.45) is 11.1 Å². The average molecular weight is 372 g/mol. The molecule has 1 aliphatic heterocycles. The summed E-state index contributed by atoms with van der Waals surface area (Å²) in [5.41, 5.74) is 5.45. The lowest BCUT2D eigenvalue weighted by atomic mass is 9.87. The molecular formula is C14H30ClN3O4S. The van der Waals surface area contributed by atoms with Crippen molar-refractivity contribution in [3.05, 3.63) is 0 Å². The molecular weight excluding hydrogens is 342 g/mol. The fourth-order valence-electron chi connectivity index (χ4n) is 2.07. The monoisotopic (exact) mass is 371 g/mol. The number of amides is 1. The molecule has 0 bridgehead atoms. The SMILES string of the molecule is CC(C)(C)[C@H](N)C(=O)NCCS(=O)(=O)NCC1CCCCO1.Cl. The molecule has 1 aliphatic rings. The molecule has 0 aromatic carbocycles. The van der Waals surface area contributed by atoms with Gasteiger partial charge in [-0.05, 0) is 24.7 Å². The molecule has 138 valence electrons. The number of carbonyl (C=O) groups is 1. The van der Waals surface area contributed by atoms with Crippen molar-refractivity contribution < 1.29 is 17.9 Å². The van der Waals surface area contributed by atoms with Crippen molar-refractivity contribution in [1.29, 1.82) is 0 Å². The standard InChI is InChI=1S/C14H29N3O4S.ClH/c1-14(2,3)12(15)13(18)16-7-9-22(19,20)17-10-11-6-4-5-8-21-11;/h11-12,17H,4-10,15H2,1-3H3,(H,16,18);1H/t11?,12-;/m1./s1. The van der Waals surface area contributed by atoms with E-state index in [9.17, 15) is 13.2 Å². The van der Waals surface area contributed by atoms with Crippen LogP contribution < -0.4 is 15.8 Å². The van der Waals surface area contributed by atoms with E-state index < -0.39 is 16.1 Å². The first-order valence-electron chi connectivity index (χ1n) is 7.74. The first-order chi connectivity index (χ1) is 10.1. The predicted molar refractivity (Wildman–Crippen MR) is 93.1 cm³/mol. The van der Waals surface area contributed by atoms with Crippen LogP contribution in [0.5, 0.6) is 0 Å². The number of carbonyl (C=O) groups excluding carboxylic acids is 1. The summed E-state index contributed by atoms with van der Waals surface area (Å²) >= 11 is 0. The number of rotatable bonds is 7. The molecule has 0 spiro atoms. The number of hydrogen-bond acceptors (Lipinski definition) is 5. The Kier molecular flexibility index (Phi) is 9.61. The minimum atomic E-state index is -3.42. The molecule has 0 radical (unpaired) electrons. The quantitative estimate of drug-likeness (QED) is 0.599. The van der Waals surface area contributed by atoms with Gasteiger partial charge < -0.3 is 15.8 Å². The number of nitrogens with one attached hydrogen (secondary N) is 2. The van der Waals surface area contributed by atoms with Gasteiger partial charge in [0.2, 0.25) is 15.9 Å². The molecule has 23 heavy (non-hydrogen) atoms. The third-order valence-corrected chi connectivity index (χ3v) is 5.04. The number of halogens is 1. The number of ether oxygens (including phenoxy) is 1. The first-order valence-corrected chi connectivity index (χ1v) is 9.39. The van der Waals surface area contributed by atoms with Crippen molar-refractivity contribution >= 4 is 28.3 Å². The Labute approximate surface area is 145 Å². The van der Waals surface area contributed by atoms with Gasteiger partial charge in [0.25, 0.3) is 0 Å². The maximum Gasteiger partial charge on any atom is 0.237 e. The number of sulfonamides is 1. The molecule has 1 rings (SSSR count). The van der Waals surface area contributed by atoms with Crippen LogP contribution in [-0.2, 0) is 19.6 Å². The van der Waals surface area contributed by atoms with Crippen LogP contribution in [0, 0.1) is 5.41 Å². The van der Waals surface area contributed by atoms with Crippen molar-refractivity contribution in [2.45, 2.75) is 52.2 Å². The molecule has 4 N–H and O–H groups in total. The number of nitrogens with two attached hydrogens (primary N) is 1. The van der Waals surface area contributed by atoms with E-state index in [0.717, 1.165) is 19.3 Å². The summed E-state index contributed by atoms with van der Waals surface area (Å²) in [5, 5.41) is 2.57. The summed E-state index contributed by atoms with van der Waals surface area (Å²) in [5.74, 6) is -0.499. The lowest BCUT2D eigenvalue weighted by molar-refractivity contribution is -0.124. The van der Waals surface area contributed by atoms with Crippen LogP contribution in [0.4, 0.5) is 0 Å². The highest BCUT2D eigenvalue weighted by Crippen LogP contribution is 2.17. The molecule has 1 saturated heterocycles. The molecule has 0 saturated carbocycles. The van der Waals surface area contributed by atoms with E-state index in [4.69, 9.17) is 10.5 Å². The Balaban J connectivity index is 0.00000484. The van der Waals surface area contributed by atoms with Gasteiger partial charge in [-0.2, -0.15) is 0 Å². The van der Waals surface area contributed by atoms with Gasteiger partial charge in [0.15, 0.2) is 0 Å². The summed E-state index contributed by atoms with van der Waals surface area (Å²) in [4.78, 5) is 11.8. The fraction of sp³-hybridized carbons (Fsp3) is 0.929. The molecule has 2 atom stereocenters. The largest absolute Gasteiger partial charge is 0.377 e. The maximum atomic E-state index is 11.9. The first kappa shape index (κ1) is 22.6. The highest BCUT2D eigenvalue weighted by Gasteiger charge is 2.27. The summed E-state index contributed by atoms with van der Waals surface area (Å²) in [6.07, 6.45) is 2.92. The second-order valence-corrected chi connectivity index (χ2v) is 8.72. The molecule has 1 unspecified atom stereocenters. The average Bonchev–Trinajstić information content (AvgIpc) is 2.44. The van der Waals surface area contributed by atoms with E-state index in [1.54, 1.807) is 0 Å². The Bertz CT molecular complexity index is 459. The van der Waals surface area contributed by atoms with E-state index >= 15 is 0 Å². The van der Waals surface area contributed by atoms with Crippen molar-refractivity contribution in [2.75, 3.05) is 25.4 Å². The van der Waals surface area contributed by atoms with Crippen LogP contribution in [0.2, 0.25) is 0 Å². The lowest BCUT2D eigenvalue weighted by Gasteiger charge is -2.25. The second-order valence-electron chi connectivity index (χ2n) is 6.79. The van der Waals surface area contributed by atoms with Crippen LogP contribution in [0.3, 0.4) is 0 Å². The number of hydrogen-bond donors (Lipinski definition) is 3. The van der Waals surface area contributed by atoms with Gasteiger partial charge in [0.1, 0.15) is 0 Å². The topological polar surface area (TPSA) is 111 Å². The molecule has 9 heteroatoms. The molecule has 0 aromatic rings. The fourth-order valence-corrected chi connectivity index (χ4v) is 3.03. The maximum absolute atomic E-state index is 11.9. The van der Waals surface area contributed by atoms with Crippen LogP contribution in [-0.4, -0.2) is 51.9 Å². The van der Waals surface area contributed by atoms with Crippen molar-refractivity contribution in [1.82, 2.24) is 10.0 Å². The van der Waals surface area contributed by atoms with E-state index in [2.05, 4.69) is 10.0 Å². The Morgan fingerprint density at radius 3 is 2.52 bits per heavy atom. The van der Waals surface area contributed by atoms with Gasteiger partial charge >= 0.3 is 0 Å². The summed E-state index contributed by atoms with van der Waals surface area (Å²) in [6.45, 7) is 6.60. The zero-order valence-electron chi connectivity index (χ0n) is 14.1. The lowest BCUT2D eigenvalue weighted by Crippen LogP contribution is -2.49. The highest BCUT2D eigenvalue weighted by molar-refractivity contribution is 7.89. The highest BCUT2D eigenvalue weighted by atomic mass is 35.5.